The molecule has 0 aromatic rings. The van der Waals surface area contributed by atoms with E-state index in [0.717, 1.165) is 25.7 Å². The highest BCUT2D eigenvalue weighted by atomic mass is 16.5. The van der Waals surface area contributed by atoms with Crippen LogP contribution in [0.2, 0.25) is 0 Å². The fourth-order valence-corrected chi connectivity index (χ4v) is 3.12. The van der Waals surface area contributed by atoms with Crippen molar-refractivity contribution in [3.8, 4) is 0 Å². The van der Waals surface area contributed by atoms with Gasteiger partial charge in [-0.05, 0) is 24.2 Å². The molecular formula is C15H30N2O. The third-order valence-corrected chi connectivity index (χ3v) is 4.57. The quantitative estimate of drug-likeness (QED) is 0.835. The van der Waals surface area contributed by atoms with Crippen LogP contribution in [0.15, 0.2) is 0 Å². The number of rotatable bonds is 3. The molecule has 0 aliphatic carbocycles. The molecule has 3 heteroatoms. The highest BCUT2D eigenvalue weighted by Crippen LogP contribution is 2.26. The summed E-state index contributed by atoms with van der Waals surface area (Å²) in [7, 11) is 0. The Balaban J connectivity index is 1.94. The Morgan fingerprint density at radius 3 is 2.67 bits per heavy atom. The van der Waals surface area contributed by atoms with Gasteiger partial charge in [0.1, 0.15) is 0 Å². The first-order valence-corrected chi connectivity index (χ1v) is 7.56. The van der Waals surface area contributed by atoms with Crippen LogP contribution in [0.25, 0.3) is 0 Å². The number of hydrogen-bond acceptors (Lipinski definition) is 3. The number of nitrogens with one attached hydrogen (secondary N) is 1. The van der Waals surface area contributed by atoms with E-state index in [0.29, 0.717) is 17.5 Å². The van der Waals surface area contributed by atoms with Gasteiger partial charge in [0.15, 0.2) is 0 Å². The topological polar surface area (TPSA) is 24.5 Å². The van der Waals surface area contributed by atoms with E-state index in [1.54, 1.807) is 0 Å². The molecule has 2 saturated heterocycles. The molecule has 2 fully saturated rings. The molecule has 2 aliphatic heterocycles. The number of ether oxygens (including phenoxy) is 1. The Morgan fingerprint density at radius 1 is 1.33 bits per heavy atom. The van der Waals surface area contributed by atoms with Crippen molar-refractivity contribution in [2.75, 3.05) is 32.8 Å². The van der Waals surface area contributed by atoms with Crippen LogP contribution in [0.5, 0.6) is 0 Å². The van der Waals surface area contributed by atoms with Crippen LogP contribution < -0.4 is 5.32 Å². The maximum Gasteiger partial charge on any atom is 0.0507 e. The Bertz CT molecular complexity index is 256. The summed E-state index contributed by atoms with van der Waals surface area (Å²) in [5.74, 6) is 0.762. The molecule has 18 heavy (non-hydrogen) atoms. The van der Waals surface area contributed by atoms with Gasteiger partial charge in [0.25, 0.3) is 0 Å². The Hall–Kier alpha value is -0.120. The molecule has 2 rings (SSSR count). The van der Waals surface area contributed by atoms with Crippen molar-refractivity contribution in [3.05, 3.63) is 0 Å². The summed E-state index contributed by atoms with van der Waals surface area (Å²) in [6, 6.07) is 1.33. The van der Waals surface area contributed by atoms with Gasteiger partial charge in [-0.25, -0.2) is 0 Å². The highest BCUT2D eigenvalue weighted by molar-refractivity contribution is 4.92. The lowest BCUT2D eigenvalue weighted by atomic mass is 9.84. The summed E-state index contributed by atoms with van der Waals surface area (Å²) in [4.78, 5) is 2.71. The van der Waals surface area contributed by atoms with E-state index in [9.17, 15) is 0 Å². The minimum atomic E-state index is 0.350. The zero-order valence-electron chi connectivity index (χ0n) is 12.5. The summed E-state index contributed by atoms with van der Waals surface area (Å²) < 4.78 is 5.52. The third kappa shape index (κ3) is 3.46. The van der Waals surface area contributed by atoms with Crippen molar-refractivity contribution >= 4 is 0 Å². The van der Waals surface area contributed by atoms with Crippen LogP contribution >= 0.6 is 0 Å². The molecule has 0 saturated carbocycles. The van der Waals surface area contributed by atoms with Crippen LogP contribution in [0.4, 0.5) is 0 Å². The fraction of sp³-hybridized carbons (Fsp3) is 1.00. The summed E-state index contributed by atoms with van der Waals surface area (Å²) in [6.07, 6.45) is 2.50. The molecule has 0 aromatic carbocycles. The van der Waals surface area contributed by atoms with Gasteiger partial charge >= 0.3 is 0 Å². The average Bonchev–Trinajstić information content (AvgIpc) is 2.80. The predicted molar refractivity (Wildman–Crippen MR) is 75.8 cm³/mol. The number of hydrogen-bond donors (Lipinski definition) is 1. The maximum absolute atomic E-state index is 5.52. The second-order valence-electron chi connectivity index (χ2n) is 7.07. The summed E-state index contributed by atoms with van der Waals surface area (Å²) >= 11 is 0. The van der Waals surface area contributed by atoms with Crippen LogP contribution in [-0.2, 0) is 4.74 Å². The van der Waals surface area contributed by atoms with Crippen molar-refractivity contribution < 1.29 is 4.74 Å². The molecule has 2 aliphatic rings. The van der Waals surface area contributed by atoms with Gasteiger partial charge in [0, 0.05) is 38.3 Å². The van der Waals surface area contributed by atoms with E-state index in [1.807, 2.05) is 0 Å². The van der Waals surface area contributed by atoms with E-state index >= 15 is 0 Å². The highest BCUT2D eigenvalue weighted by Gasteiger charge is 2.34. The molecule has 1 N–H and O–H groups in total. The zero-order valence-corrected chi connectivity index (χ0v) is 12.5. The van der Waals surface area contributed by atoms with E-state index in [1.165, 1.54) is 25.9 Å². The molecule has 0 aromatic heterocycles. The molecule has 3 atom stereocenters. The summed E-state index contributed by atoms with van der Waals surface area (Å²) in [6.45, 7) is 14.8. The third-order valence-electron chi connectivity index (χ3n) is 4.57. The summed E-state index contributed by atoms with van der Waals surface area (Å²) in [5, 5.41) is 3.74. The Kier molecular flexibility index (Phi) is 4.68. The SMILES string of the molecule is CCC1CNC(C(C)(C)C)CN1CC1CCOC1. The molecule has 3 unspecified atom stereocenters. The van der Waals surface area contributed by atoms with Crippen LogP contribution in [-0.4, -0.2) is 49.8 Å². The normalized spacial score (nSPS) is 35.0. The smallest absolute Gasteiger partial charge is 0.0507 e. The molecule has 0 amide bonds. The zero-order chi connectivity index (χ0) is 13.2. The average molecular weight is 254 g/mol. The first-order chi connectivity index (χ1) is 8.50. The molecule has 106 valence electrons. The lowest BCUT2D eigenvalue weighted by Gasteiger charge is -2.45. The van der Waals surface area contributed by atoms with E-state index in [4.69, 9.17) is 4.74 Å². The Morgan fingerprint density at radius 2 is 2.11 bits per heavy atom. The fourth-order valence-electron chi connectivity index (χ4n) is 3.12. The standard InChI is InChI=1S/C15H30N2O/c1-5-13-8-16-14(15(2,3)4)10-17(13)9-12-6-7-18-11-12/h12-14,16H,5-11H2,1-4H3. The van der Waals surface area contributed by atoms with Gasteiger partial charge in [-0.1, -0.05) is 27.7 Å². The minimum absolute atomic E-state index is 0.350. The first-order valence-electron chi connectivity index (χ1n) is 7.56. The van der Waals surface area contributed by atoms with Crippen LogP contribution in [0, 0.1) is 11.3 Å². The van der Waals surface area contributed by atoms with Gasteiger partial charge in [0.2, 0.25) is 0 Å². The van der Waals surface area contributed by atoms with Crippen molar-refractivity contribution in [2.45, 2.75) is 52.6 Å². The largest absolute Gasteiger partial charge is 0.381 e. The van der Waals surface area contributed by atoms with Crippen molar-refractivity contribution in [1.82, 2.24) is 10.2 Å². The molecule has 0 radical (unpaired) electrons. The molecule has 2 heterocycles. The van der Waals surface area contributed by atoms with E-state index in [2.05, 4.69) is 37.9 Å². The lowest BCUT2D eigenvalue weighted by Crippen LogP contribution is -2.60. The van der Waals surface area contributed by atoms with Crippen LogP contribution in [0.1, 0.15) is 40.5 Å². The van der Waals surface area contributed by atoms with Gasteiger partial charge in [0.05, 0.1) is 6.61 Å². The second-order valence-corrected chi connectivity index (χ2v) is 7.07. The van der Waals surface area contributed by atoms with Crippen LogP contribution in [0.3, 0.4) is 0 Å². The molecular weight excluding hydrogens is 224 g/mol. The summed E-state index contributed by atoms with van der Waals surface area (Å²) in [5.41, 5.74) is 0.350. The van der Waals surface area contributed by atoms with Crippen molar-refractivity contribution in [2.24, 2.45) is 11.3 Å². The Labute approximate surface area is 112 Å². The molecule has 3 nitrogen and oxygen atoms in total. The minimum Gasteiger partial charge on any atom is -0.381 e. The van der Waals surface area contributed by atoms with Crippen molar-refractivity contribution in [3.63, 3.8) is 0 Å². The first kappa shape index (κ1) is 14.3. The number of piperazine rings is 1. The van der Waals surface area contributed by atoms with Crippen molar-refractivity contribution in [1.29, 1.82) is 0 Å². The molecule has 0 spiro atoms. The lowest BCUT2D eigenvalue weighted by molar-refractivity contribution is 0.0668. The van der Waals surface area contributed by atoms with E-state index < -0.39 is 0 Å². The van der Waals surface area contributed by atoms with Gasteiger partial charge < -0.3 is 10.1 Å². The van der Waals surface area contributed by atoms with E-state index in [-0.39, 0.29) is 0 Å². The predicted octanol–water partition coefficient (Wildman–Crippen LogP) is 2.12. The van der Waals surface area contributed by atoms with Gasteiger partial charge in [-0.2, -0.15) is 0 Å². The number of nitrogens with zero attached hydrogens (tertiary/aromatic N) is 1. The second kappa shape index (κ2) is 5.89. The molecule has 0 bridgehead atoms. The van der Waals surface area contributed by atoms with Gasteiger partial charge in [-0.3, -0.25) is 4.90 Å². The monoisotopic (exact) mass is 254 g/mol. The maximum atomic E-state index is 5.52. The van der Waals surface area contributed by atoms with Gasteiger partial charge in [-0.15, -0.1) is 0 Å².